The van der Waals surface area contributed by atoms with Gasteiger partial charge in [-0.15, -0.1) is 0 Å². The van der Waals surface area contributed by atoms with Crippen LogP contribution in [0.3, 0.4) is 0 Å². The molecule has 8 nitrogen and oxygen atoms in total. The number of ether oxygens (including phenoxy) is 1. The predicted octanol–water partition coefficient (Wildman–Crippen LogP) is -1.01. The van der Waals surface area contributed by atoms with Crippen molar-refractivity contribution in [3.05, 3.63) is 29.8 Å². The minimum Gasteiger partial charge on any atom is -0.496 e. The molecule has 0 saturated carbocycles. The number of carbonyl (C=O) groups excluding carboxylic acids is 3. The summed E-state index contributed by atoms with van der Waals surface area (Å²) in [7, 11) is 1.59. The molecule has 1 heterocycles. The number of methoxy groups -OCH3 is 1. The zero-order chi connectivity index (χ0) is 17.5. The molecule has 0 bridgehead atoms. The molecule has 0 aliphatic carbocycles. The number of piperazine rings is 1. The Kier molecular flexibility index (Phi) is 6.14. The number of nitrogens with two attached hydrogens (primary N) is 1. The molecule has 0 radical (unpaired) electrons. The van der Waals surface area contributed by atoms with Crippen LogP contribution in [0.2, 0.25) is 0 Å². The molecular weight excluding hydrogens is 312 g/mol. The number of rotatable bonds is 7. The fourth-order valence-corrected chi connectivity index (χ4v) is 2.66. The lowest BCUT2D eigenvalue weighted by atomic mass is 10.1. The van der Waals surface area contributed by atoms with E-state index in [4.69, 9.17) is 10.5 Å². The fraction of sp³-hybridized carbons (Fsp3) is 0.438. The zero-order valence-electron chi connectivity index (χ0n) is 13.6. The third-order valence-corrected chi connectivity index (χ3v) is 3.85. The van der Waals surface area contributed by atoms with Gasteiger partial charge in [-0.3, -0.25) is 19.3 Å². The van der Waals surface area contributed by atoms with Gasteiger partial charge in [-0.1, -0.05) is 18.2 Å². The van der Waals surface area contributed by atoms with E-state index < -0.39 is 11.9 Å². The first-order valence-electron chi connectivity index (χ1n) is 7.70. The largest absolute Gasteiger partial charge is 0.496 e. The first-order valence-corrected chi connectivity index (χ1v) is 7.70. The molecule has 0 unspecified atom stereocenters. The van der Waals surface area contributed by atoms with Gasteiger partial charge in [0, 0.05) is 25.2 Å². The molecular formula is C16H22N4O4. The predicted molar refractivity (Wildman–Crippen MR) is 87.0 cm³/mol. The second kappa shape index (κ2) is 8.30. The van der Waals surface area contributed by atoms with E-state index in [0.29, 0.717) is 19.6 Å². The van der Waals surface area contributed by atoms with Crippen LogP contribution in [0, 0.1) is 0 Å². The quantitative estimate of drug-likeness (QED) is 0.591. The number of carbonyl (C=O) groups is 3. The van der Waals surface area contributed by atoms with E-state index in [-0.39, 0.29) is 24.8 Å². The van der Waals surface area contributed by atoms with Crippen molar-refractivity contribution in [3.8, 4) is 5.75 Å². The molecule has 1 fully saturated rings. The first-order chi connectivity index (χ1) is 11.5. The maximum atomic E-state index is 12.2. The van der Waals surface area contributed by atoms with Gasteiger partial charge in [-0.2, -0.15) is 0 Å². The summed E-state index contributed by atoms with van der Waals surface area (Å²) in [6, 6.07) is 6.96. The van der Waals surface area contributed by atoms with Gasteiger partial charge in [0.2, 0.25) is 17.7 Å². The van der Waals surface area contributed by atoms with E-state index in [1.54, 1.807) is 7.11 Å². The topological polar surface area (TPSA) is 114 Å². The average Bonchev–Trinajstić information content (AvgIpc) is 2.56. The lowest BCUT2D eigenvalue weighted by molar-refractivity contribution is -0.134. The Morgan fingerprint density at radius 2 is 2.17 bits per heavy atom. The van der Waals surface area contributed by atoms with Gasteiger partial charge in [-0.05, 0) is 6.07 Å². The number of hydrogen-bond acceptors (Lipinski definition) is 5. The van der Waals surface area contributed by atoms with Crippen LogP contribution < -0.4 is 21.1 Å². The highest BCUT2D eigenvalue weighted by molar-refractivity contribution is 5.90. The van der Waals surface area contributed by atoms with E-state index in [9.17, 15) is 14.4 Å². The van der Waals surface area contributed by atoms with Gasteiger partial charge in [0.1, 0.15) is 5.75 Å². The van der Waals surface area contributed by atoms with E-state index in [0.717, 1.165) is 11.3 Å². The summed E-state index contributed by atoms with van der Waals surface area (Å²) in [5.74, 6) is -0.478. The molecule has 0 spiro atoms. The second-order valence-electron chi connectivity index (χ2n) is 5.54. The minimum absolute atomic E-state index is 0.0335. The molecule has 2 rings (SSSR count). The molecule has 8 heteroatoms. The molecule has 1 aliphatic rings. The molecule has 130 valence electrons. The molecule has 24 heavy (non-hydrogen) atoms. The van der Waals surface area contributed by atoms with Crippen LogP contribution in [-0.2, 0) is 20.9 Å². The van der Waals surface area contributed by atoms with Gasteiger partial charge in [-0.25, -0.2) is 0 Å². The van der Waals surface area contributed by atoms with E-state index in [1.165, 1.54) is 0 Å². The standard InChI is InChI=1S/C16H22N4O4/c1-24-13-5-3-2-4-11(13)10-20-7-6-18-16(23)12(20)8-15(22)19-9-14(17)21/h2-5,12H,6-10H2,1H3,(H2,17,21)(H,18,23)(H,19,22)/t12-/m0/s1. The summed E-state index contributed by atoms with van der Waals surface area (Å²) in [5.41, 5.74) is 5.95. The molecule has 1 saturated heterocycles. The lowest BCUT2D eigenvalue weighted by Crippen LogP contribution is -2.56. The number of nitrogens with zero attached hydrogens (tertiary/aromatic N) is 1. The molecule has 1 aromatic carbocycles. The van der Waals surface area contributed by atoms with Gasteiger partial charge in [0.25, 0.3) is 0 Å². The Morgan fingerprint density at radius 3 is 2.88 bits per heavy atom. The SMILES string of the molecule is COc1ccccc1CN1CCNC(=O)[C@@H]1CC(=O)NCC(N)=O. The van der Waals surface area contributed by atoms with E-state index >= 15 is 0 Å². The van der Waals surface area contributed by atoms with Crippen LogP contribution in [0.4, 0.5) is 0 Å². The summed E-state index contributed by atoms with van der Waals surface area (Å²) >= 11 is 0. The van der Waals surface area contributed by atoms with Crippen LogP contribution in [0.5, 0.6) is 5.75 Å². The molecule has 1 aromatic rings. The van der Waals surface area contributed by atoms with Crippen LogP contribution in [0.1, 0.15) is 12.0 Å². The summed E-state index contributed by atoms with van der Waals surface area (Å²) in [4.78, 5) is 36.8. The highest BCUT2D eigenvalue weighted by Gasteiger charge is 2.32. The molecule has 0 aromatic heterocycles. The van der Waals surface area contributed by atoms with E-state index in [2.05, 4.69) is 10.6 Å². The minimum atomic E-state index is -0.623. The highest BCUT2D eigenvalue weighted by atomic mass is 16.5. The first kappa shape index (κ1) is 17.7. The van der Waals surface area contributed by atoms with Crippen molar-refractivity contribution in [3.63, 3.8) is 0 Å². The lowest BCUT2D eigenvalue weighted by Gasteiger charge is -2.34. The maximum Gasteiger partial charge on any atom is 0.237 e. The van der Waals surface area contributed by atoms with Crippen LogP contribution in [-0.4, -0.2) is 55.4 Å². The smallest absolute Gasteiger partial charge is 0.237 e. The van der Waals surface area contributed by atoms with Crippen LogP contribution in [0.15, 0.2) is 24.3 Å². The summed E-state index contributed by atoms with van der Waals surface area (Å²) in [6.07, 6.45) is -0.0335. The van der Waals surface area contributed by atoms with Crippen molar-refractivity contribution in [1.29, 1.82) is 0 Å². The van der Waals surface area contributed by atoms with Gasteiger partial charge in [0.05, 0.1) is 26.1 Å². The fourth-order valence-electron chi connectivity index (χ4n) is 2.66. The number of amides is 3. The summed E-state index contributed by atoms with van der Waals surface area (Å²) in [5, 5.41) is 5.18. The highest BCUT2D eigenvalue weighted by Crippen LogP contribution is 2.21. The van der Waals surface area contributed by atoms with Crippen LogP contribution in [0.25, 0.3) is 0 Å². The van der Waals surface area contributed by atoms with Crippen molar-refractivity contribution in [2.75, 3.05) is 26.7 Å². The van der Waals surface area contributed by atoms with Crippen molar-refractivity contribution in [2.24, 2.45) is 5.73 Å². The van der Waals surface area contributed by atoms with Crippen molar-refractivity contribution >= 4 is 17.7 Å². The molecule has 1 aliphatic heterocycles. The normalized spacial score (nSPS) is 17.9. The maximum absolute atomic E-state index is 12.2. The molecule has 4 N–H and O–H groups in total. The number of primary amides is 1. The van der Waals surface area contributed by atoms with Crippen molar-refractivity contribution in [1.82, 2.24) is 15.5 Å². The third kappa shape index (κ3) is 4.69. The Labute approximate surface area is 140 Å². The number of hydrogen-bond donors (Lipinski definition) is 3. The average molecular weight is 334 g/mol. The molecule has 1 atom stereocenters. The van der Waals surface area contributed by atoms with Crippen LogP contribution >= 0.6 is 0 Å². The second-order valence-corrected chi connectivity index (χ2v) is 5.54. The Morgan fingerprint density at radius 1 is 1.42 bits per heavy atom. The zero-order valence-corrected chi connectivity index (χ0v) is 13.6. The van der Waals surface area contributed by atoms with Gasteiger partial charge in [0.15, 0.2) is 0 Å². The number of para-hydroxylation sites is 1. The Hall–Kier alpha value is -2.61. The Balaban J connectivity index is 2.06. The monoisotopic (exact) mass is 334 g/mol. The molecule has 3 amide bonds. The summed E-state index contributed by atoms with van der Waals surface area (Å²) < 4.78 is 5.34. The van der Waals surface area contributed by atoms with Gasteiger partial charge >= 0.3 is 0 Å². The third-order valence-electron chi connectivity index (χ3n) is 3.85. The van der Waals surface area contributed by atoms with Gasteiger partial charge < -0.3 is 21.1 Å². The van der Waals surface area contributed by atoms with E-state index in [1.807, 2.05) is 29.2 Å². The number of benzene rings is 1. The van der Waals surface area contributed by atoms with Crippen molar-refractivity contribution < 1.29 is 19.1 Å². The summed E-state index contributed by atoms with van der Waals surface area (Å²) in [6.45, 7) is 1.40. The Bertz CT molecular complexity index is 620. The van der Waals surface area contributed by atoms with Crippen molar-refractivity contribution in [2.45, 2.75) is 19.0 Å². The number of nitrogens with one attached hydrogen (secondary N) is 2.